The zero-order valence-electron chi connectivity index (χ0n) is 10.9. The molecule has 0 atom stereocenters. The van der Waals surface area contributed by atoms with Crippen LogP contribution in [0, 0.1) is 6.92 Å². The van der Waals surface area contributed by atoms with Crippen LogP contribution < -0.4 is 4.74 Å². The van der Waals surface area contributed by atoms with Crippen LogP contribution in [0.1, 0.15) is 22.8 Å². The summed E-state index contributed by atoms with van der Waals surface area (Å²) in [5.74, 6) is 0.842. The van der Waals surface area contributed by atoms with Gasteiger partial charge in [-0.15, -0.1) is 0 Å². The highest BCUT2D eigenvalue weighted by molar-refractivity contribution is 5.96. The smallest absolute Gasteiger partial charge is 0.159 e. The van der Waals surface area contributed by atoms with Crippen molar-refractivity contribution in [1.29, 1.82) is 0 Å². The standard InChI is InChI=1S/C16H16O2/c1-11-4-6-13(7-5-11)15-10-14(12(2)17)8-9-16(15)18-3/h4-10H,1-3H3. The van der Waals surface area contributed by atoms with Crippen molar-refractivity contribution in [3.63, 3.8) is 0 Å². The normalized spacial score (nSPS) is 10.2. The molecular formula is C16H16O2. The lowest BCUT2D eigenvalue weighted by Crippen LogP contribution is -1.95. The molecule has 0 amide bonds. The predicted molar refractivity (Wildman–Crippen MR) is 73.2 cm³/mol. The monoisotopic (exact) mass is 240 g/mol. The molecule has 0 unspecified atom stereocenters. The summed E-state index contributed by atoms with van der Waals surface area (Å²) in [6.45, 7) is 3.62. The maximum atomic E-state index is 11.4. The van der Waals surface area contributed by atoms with Gasteiger partial charge in [0, 0.05) is 11.1 Å². The number of ether oxygens (including phenoxy) is 1. The Hall–Kier alpha value is -2.09. The van der Waals surface area contributed by atoms with Gasteiger partial charge in [0.2, 0.25) is 0 Å². The van der Waals surface area contributed by atoms with Crippen molar-refractivity contribution in [2.75, 3.05) is 7.11 Å². The Kier molecular flexibility index (Phi) is 3.47. The number of hydrogen-bond acceptors (Lipinski definition) is 2. The van der Waals surface area contributed by atoms with Crippen LogP contribution >= 0.6 is 0 Å². The molecule has 2 aromatic carbocycles. The summed E-state index contributed by atoms with van der Waals surface area (Å²) < 4.78 is 5.35. The first-order chi connectivity index (χ1) is 8.61. The van der Waals surface area contributed by atoms with Crippen LogP contribution in [0.3, 0.4) is 0 Å². The zero-order valence-corrected chi connectivity index (χ0v) is 10.9. The van der Waals surface area contributed by atoms with E-state index in [1.807, 2.05) is 31.2 Å². The van der Waals surface area contributed by atoms with Crippen LogP contribution in [-0.2, 0) is 0 Å². The molecule has 2 nitrogen and oxygen atoms in total. The molecule has 0 aromatic heterocycles. The van der Waals surface area contributed by atoms with E-state index < -0.39 is 0 Å². The van der Waals surface area contributed by atoms with Gasteiger partial charge in [0.15, 0.2) is 5.78 Å². The van der Waals surface area contributed by atoms with Crippen LogP contribution in [0.2, 0.25) is 0 Å². The van der Waals surface area contributed by atoms with E-state index in [1.54, 1.807) is 20.1 Å². The van der Waals surface area contributed by atoms with Gasteiger partial charge >= 0.3 is 0 Å². The van der Waals surface area contributed by atoms with Gasteiger partial charge in [-0.3, -0.25) is 4.79 Å². The fraction of sp³-hybridized carbons (Fsp3) is 0.188. The van der Waals surface area contributed by atoms with Gasteiger partial charge in [0.25, 0.3) is 0 Å². The molecular weight excluding hydrogens is 224 g/mol. The van der Waals surface area contributed by atoms with Gasteiger partial charge in [-0.1, -0.05) is 29.8 Å². The van der Waals surface area contributed by atoms with Gasteiger partial charge < -0.3 is 4.74 Å². The van der Waals surface area contributed by atoms with E-state index in [0.717, 1.165) is 16.9 Å². The minimum Gasteiger partial charge on any atom is -0.496 e. The lowest BCUT2D eigenvalue weighted by Gasteiger charge is -2.10. The second-order valence-electron chi connectivity index (χ2n) is 4.34. The Morgan fingerprint density at radius 3 is 2.28 bits per heavy atom. The van der Waals surface area contributed by atoms with Gasteiger partial charge in [-0.05, 0) is 37.6 Å². The number of aryl methyl sites for hydroxylation is 1. The molecule has 0 saturated carbocycles. The third-order valence-electron chi connectivity index (χ3n) is 2.97. The van der Waals surface area contributed by atoms with Crippen molar-refractivity contribution in [2.45, 2.75) is 13.8 Å². The SMILES string of the molecule is COc1ccc(C(C)=O)cc1-c1ccc(C)cc1. The largest absolute Gasteiger partial charge is 0.496 e. The van der Waals surface area contributed by atoms with E-state index in [2.05, 4.69) is 12.1 Å². The first-order valence-corrected chi connectivity index (χ1v) is 5.88. The number of ketones is 1. The van der Waals surface area contributed by atoms with Gasteiger partial charge in [-0.25, -0.2) is 0 Å². The van der Waals surface area contributed by atoms with Crippen LogP contribution in [0.15, 0.2) is 42.5 Å². The van der Waals surface area contributed by atoms with Gasteiger partial charge in [0.05, 0.1) is 7.11 Å². The highest BCUT2D eigenvalue weighted by Gasteiger charge is 2.09. The topological polar surface area (TPSA) is 26.3 Å². The lowest BCUT2D eigenvalue weighted by atomic mass is 9.99. The maximum absolute atomic E-state index is 11.4. The van der Waals surface area contributed by atoms with Crippen molar-refractivity contribution in [2.24, 2.45) is 0 Å². The minimum atomic E-state index is 0.0611. The molecule has 0 heterocycles. The molecule has 0 N–H and O–H groups in total. The van der Waals surface area contributed by atoms with Gasteiger partial charge in [-0.2, -0.15) is 0 Å². The first kappa shape index (κ1) is 12.4. The number of hydrogen-bond donors (Lipinski definition) is 0. The summed E-state index contributed by atoms with van der Waals surface area (Å²) in [6, 6.07) is 13.7. The van der Waals surface area contributed by atoms with E-state index in [4.69, 9.17) is 4.74 Å². The van der Waals surface area contributed by atoms with Crippen molar-refractivity contribution >= 4 is 5.78 Å². The molecule has 0 bridgehead atoms. The van der Waals surface area contributed by atoms with Crippen molar-refractivity contribution in [1.82, 2.24) is 0 Å². The Bertz CT molecular complexity index is 568. The summed E-state index contributed by atoms with van der Waals surface area (Å²) in [5, 5.41) is 0. The Labute approximate surface area is 107 Å². The quantitative estimate of drug-likeness (QED) is 0.761. The second-order valence-corrected chi connectivity index (χ2v) is 4.34. The van der Waals surface area contributed by atoms with Crippen LogP contribution in [0.5, 0.6) is 5.75 Å². The molecule has 2 heteroatoms. The number of benzene rings is 2. The third-order valence-corrected chi connectivity index (χ3v) is 2.97. The fourth-order valence-electron chi connectivity index (χ4n) is 1.89. The predicted octanol–water partition coefficient (Wildman–Crippen LogP) is 3.87. The Balaban J connectivity index is 2.56. The third kappa shape index (κ3) is 2.43. The molecule has 2 aromatic rings. The summed E-state index contributed by atoms with van der Waals surface area (Å²) in [7, 11) is 1.64. The number of methoxy groups -OCH3 is 1. The van der Waals surface area contributed by atoms with E-state index >= 15 is 0 Å². The lowest BCUT2D eigenvalue weighted by molar-refractivity contribution is 0.101. The first-order valence-electron chi connectivity index (χ1n) is 5.88. The molecule has 0 aliphatic rings. The molecule has 0 aliphatic heterocycles. The van der Waals surface area contributed by atoms with Crippen molar-refractivity contribution in [3.8, 4) is 16.9 Å². The second kappa shape index (κ2) is 5.05. The molecule has 0 saturated heterocycles. The highest BCUT2D eigenvalue weighted by Crippen LogP contribution is 2.31. The average Bonchev–Trinajstić information content (AvgIpc) is 2.39. The van der Waals surface area contributed by atoms with E-state index in [0.29, 0.717) is 5.56 Å². The van der Waals surface area contributed by atoms with E-state index in [9.17, 15) is 4.79 Å². The molecule has 0 radical (unpaired) electrons. The molecule has 2 rings (SSSR count). The molecule has 0 aliphatic carbocycles. The van der Waals surface area contributed by atoms with E-state index in [-0.39, 0.29) is 5.78 Å². The zero-order chi connectivity index (χ0) is 13.1. The van der Waals surface area contributed by atoms with Gasteiger partial charge in [0.1, 0.15) is 5.75 Å². The fourth-order valence-corrected chi connectivity index (χ4v) is 1.89. The number of Topliss-reactive ketones (excluding diaryl/α,β-unsaturated/α-hetero) is 1. The molecule has 0 spiro atoms. The molecule has 0 fully saturated rings. The minimum absolute atomic E-state index is 0.0611. The Morgan fingerprint density at radius 2 is 1.72 bits per heavy atom. The van der Waals surface area contributed by atoms with Crippen LogP contribution in [0.25, 0.3) is 11.1 Å². The summed E-state index contributed by atoms with van der Waals surface area (Å²) >= 11 is 0. The van der Waals surface area contributed by atoms with Crippen molar-refractivity contribution in [3.05, 3.63) is 53.6 Å². The maximum Gasteiger partial charge on any atom is 0.159 e. The number of rotatable bonds is 3. The summed E-state index contributed by atoms with van der Waals surface area (Å²) in [5.41, 5.74) is 3.91. The van der Waals surface area contributed by atoms with E-state index in [1.165, 1.54) is 5.56 Å². The van der Waals surface area contributed by atoms with Crippen LogP contribution in [-0.4, -0.2) is 12.9 Å². The van der Waals surface area contributed by atoms with Crippen LogP contribution in [0.4, 0.5) is 0 Å². The van der Waals surface area contributed by atoms with Crippen molar-refractivity contribution < 1.29 is 9.53 Å². The highest BCUT2D eigenvalue weighted by atomic mass is 16.5. The number of carbonyl (C=O) groups excluding carboxylic acids is 1. The number of carbonyl (C=O) groups is 1. The average molecular weight is 240 g/mol. The molecule has 92 valence electrons. The Morgan fingerprint density at radius 1 is 1.06 bits per heavy atom. The summed E-state index contributed by atoms with van der Waals surface area (Å²) in [4.78, 5) is 11.4. The summed E-state index contributed by atoms with van der Waals surface area (Å²) in [6.07, 6.45) is 0. The molecule has 18 heavy (non-hydrogen) atoms.